The number of carbonyl (C=O) groups excluding carboxylic acids is 1. The Bertz CT molecular complexity index is 1390. The second-order valence-electron chi connectivity index (χ2n) is 7.03. The van der Waals surface area contributed by atoms with Gasteiger partial charge in [0.05, 0.1) is 35.8 Å². The van der Waals surface area contributed by atoms with Crippen LogP contribution in [0.25, 0.3) is 22.5 Å². The van der Waals surface area contributed by atoms with Gasteiger partial charge in [0.2, 0.25) is 5.91 Å². The zero-order chi connectivity index (χ0) is 22.6. The summed E-state index contributed by atoms with van der Waals surface area (Å²) in [6.45, 7) is 0. The highest BCUT2D eigenvalue weighted by Crippen LogP contribution is 2.22. The predicted molar refractivity (Wildman–Crippen MR) is 126 cm³/mol. The van der Waals surface area contributed by atoms with Crippen LogP contribution in [0.4, 0.5) is 5.69 Å². The molecule has 0 bridgehead atoms. The smallest absolute Gasteiger partial charge is 0.234 e. The number of methoxy groups -OCH3 is 1. The summed E-state index contributed by atoms with van der Waals surface area (Å²) < 4.78 is 8.92. The number of hydrogen-bond acceptors (Lipinski definition) is 7. The summed E-state index contributed by atoms with van der Waals surface area (Å²) in [5.41, 5.74) is 3.37. The van der Waals surface area contributed by atoms with E-state index in [2.05, 4.69) is 25.5 Å². The van der Waals surface area contributed by atoms with Crippen LogP contribution >= 0.6 is 11.8 Å². The van der Waals surface area contributed by atoms with E-state index >= 15 is 0 Å². The van der Waals surface area contributed by atoms with Gasteiger partial charge in [0.25, 0.3) is 0 Å². The molecule has 0 spiro atoms. The summed E-state index contributed by atoms with van der Waals surface area (Å²) in [5, 5.41) is 11.6. The average molecular weight is 458 g/mol. The number of imidazole rings is 1. The topological polar surface area (TPSA) is 99.8 Å². The van der Waals surface area contributed by atoms with E-state index in [0.717, 1.165) is 28.3 Å². The Hall–Kier alpha value is -4.18. The number of rotatable bonds is 7. The van der Waals surface area contributed by atoms with Crippen molar-refractivity contribution in [2.24, 2.45) is 0 Å². The molecule has 0 atom stereocenters. The number of hydrogen-bond donors (Lipinski definition) is 1. The molecular weight excluding hydrogens is 438 g/mol. The van der Waals surface area contributed by atoms with Gasteiger partial charge in [0.1, 0.15) is 24.2 Å². The monoisotopic (exact) mass is 457 g/mol. The Morgan fingerprint density at radius 3 is 2.64 bits per heavy atom. The Morgan fingerprint density at radius 1 is 1.00 bits per heavy atom. The van der Waals surface area contributed by atoms with Gasteiger partial charge in [-0.25, -0.2) is 9.97 Å². The minimum atomic E-state index is -0.160. The Morgan fingerprint density at radius 2 is 1.85 bits per heavy atom. The molecule has 0 aliphatic rings. The van der Waals surface area contributed by atoms with Crippen molar-refractivity contribution in [2.75, 3.05) is 18.2 Å². The standard InChI is InChI=1S/C23H19N7O2S/c1-32-18-9-7-17(8-10-18)29-15-26-28-23(29)33-13-22(31)27-16-6-11-21(24-12-16)30-14-25-19-4-2-3-5-20(19)30/h2-12,14-15H,13H2,1H3,(H,27,31). The molecule has 5 rings (SSSR count). The van der Waals surface area contributed by atoms with Crippen molar-refractivity contribution >= 4 is 34.4 Å². The zero-order valence-corrected chi connectivity index (χ0v) is 18.4. The van der Waals surface area contributed by atoms with Crippen LogP contribution in [0.5, 0.6) is 5.75 Å². The number of nitrogens with zero attached hydrogens (tertiary/aromatic N) is 6. The number of aromatic nitrogens is 6. The summed E-state index contributed by atoms with van der Waals surface area (Å²) in [5.74, 6) is 1.51. The molecule has 10 heteroatoms. The maximum atomic E-state index is 12.5. The first-order chi connectivity index (χ1) is 16.2. The summed E-state index contributed by atoms with van der Waals surface area (Å²) in [7, 11) is 1.62. The second-order valence-corrected chi connectivity index (χ2v) is 7.97. The molecule has 1 amide bonds. The molecule has 0 unspecified atom stereocenters. The van der Waals surface area contributed by atoms with Crippen molar-refractivity contribution < 1.29 is 9.53 Å². The molecule has 0 saturated carbocycles. The number of pyridine rings is 1. The minimum Gasteiger partial charge on any atom is -0.497 e. The van der Waals surface area contributed by atoms with Gasteiger partial charge in [-0.1, -0.05) is 23.9 Å². The van der Waals surface area contributed by atoms with Crippen LogP contribution < -0.4 is 10.1 Å². The maximum Gasteiger partial charge on any atom is 0.234 e. The molecule has 0 aliphatic carbocycles. The van der Waals surface area contributed by atoms with Crippen molar-refractivity contribution in [1.82, 2.24) is 29.3 Å². The normalized spacial score (nSPS) is 10.9. The van der Waals surface area contributed by atoms with Crippen LogP contribution in [-0.2, 0) is 4.79 Å². The molecular formula is C23H19N7O2S. The van der Waals surface area contributed by atoms with Crippen molar-refractivity contribution in [3.8, 4) is 17.3 Å². The molecule has 0 radical (unpaired) electrons. The number of ether oxygens (including phenoxy) is 1. The van der Waals surface area contributed by atoms with Gasteiger partial charge in [-0.2, -0.15) is 0 Å². The minimum absolute atomic E-state index is 0.160. The highest BCUT2D eigenvalue weighted by Gasteiger charge is 2.11. The fourth-order valence-corrected chi connectivity index (χ4v) is 4.04. The molecule has 5 aromatic rings. The fraction of sp³-hybridized carbons (Fsp3) is 0.0870. The van der Waals surface area contributed by atoms with E-state index in [-0.39, 0.29) is 11.7 Å². The predicted octanol–water partition coefficient (Wildman–Crippen LogP) is 3.74. The van der Waals surface area contributed by atoms with Crippen LogP contribution in [0.3, 0.4) is 0 Å². The largest absolute Gasteiger partial charge is 0.497 e. The van der Waals surface area contributed by atoms with Crippen LogP contribution in [0, 0.1) is 0 Å². The lowest BCUT2D eigenvalue weighted by Crippen LogP contribution is -2.14. The number of nitrogens with one attached hydrogen (secondary N) is 1. The maximum absolute atomic E-state index is 12.5. The number of benzene rings is 2. The van der Waals surface area contributed by atoms with Gasteiger partial charge in [0, 0.05) is 5.69 Å². The molecule has 9 nitrogen and oxygen atoms in total. The highest BCUT2D eigenvalue weighted by molar-refractivity contribution is 7.99. The third-order valence-corrected chi connectivity index (χ3v) is 5.87. The lowest BCUT2D eigenvalue weighted by molar-refractivity contribution is -0.113. The van der Waals surface area contributed by atoms with Crippen molar-refractivity contribution in [3.05, 3.63) is 79.5 Å². The molecule has 0 saturated heterocycles. The number of fused-ring (bicyclic) bond motifs is 1. The van der Waals surface area contributed by atoms with E-state index in [0.29, 0.717) is 10.8 Å². The van der Waals surface area contributed by atoms with Crippen molar-refractivity contribution in [3.63, 3.8) is 0 Å². The molecule has 0 fully saturated rings. The average Bonchev–Trinajstić information content (AvgIpc) is 3.51. The molecule has 1 N–H and O–H groups in total. The van der Waals surface area contributed by atoms with E-state index in [9.17, 15) is 4.79 Å². The Balaban J connectivity index is 1.22. The van der Waals surface area contributed by atoms with Gasteiger partial charge in [-0.3, -0.25) is 13.9 Å². The van der Waals surface area contributed by atoms with E-state index < -0.39 is 0 Å². The summed E-state index contributed by atoms with van der Waals surface area (Å²) >= 11 is 1.30. The van der Waals surface area contributed by atoms with Crippen LogP contribution in [0.1, 0.15) is 0 Å². The van der Waals surface area contributed by atoms with E-state index in [1.54, 1.807) is 26.0 Å². The van der Waals surface area contributed by atoms with Crippen LogP contribution in [0.2, 0.25) is 0 Å². The first kappa shape index (κ1) is 20.7. The third-order valence-electron chi connectivity index (χ3n) is 4.93. The molecule has 33 heavy (non-hydrogen) atoms. The SMILES string of the molecule is COc1ccc(-n2cnnc2SCC(=O)Nc2ccc(-n3cnc4ccccc43)nc2)cc1. The summed E-state index contributed by atoms with van der Waals surface area (Å²) in [6, 6.07) is 19.0. The first-order valence-electron chi connectivity index (χ1n) is 10.1. The van der Waals surface area contributed by atoms with E-state index in [1.165, 1.54) is 11.8 Å². The molecule has 3 aromatic heterocycles. The lowest BCUT2D eigenvalue weighted by Gasteiger charge is -2.08. The first-order valence-corrected chi connectivity index (χ1v) is 11.1. The molecule has 2 aromatic carbocycles. The Kier molecular flexibility index (Phi) is 5.73. The lowest BCUT2D eigenvalue weighted by atomic mass is 10.3. The van der Waals surface area contributed by atoms with E-state index in [1.807, 2.05) is 69.8 Å². The fourth-order valence-electron chi connectivity index (χ4n) is 3.31. The highest BCUT2D eigenvalue weighted by atomic mass is 32.2. The summed E-state index contributed by atoms with van der Waals surface area (Å²) in [6.07, 6.45) is 4.98. The van der Waals surface area contributed by atoms with Crippen LogP contribution in [-0.4, -0.2) is 48.1 Å². The van der Waals surface area contributed by atoms with Gasteiger partial charge in [0.15, 0.2) is 5.16 Å². The Labute approximate surface area is 193 Å². The molecule has 164 valence electrons. The molecule has 0 aliphatic heterocycles. The number of carbonyl (C=O) groups is 1. The number of anilines is 1. The molecule has 3 heterocycles. The number of amides is 1. The van der Waals surface area contributed by atoms with Gasteiger partial charge in [-0.15, -0.1) is 10.2 Å². The van der Waals surface area contributed by atoms with Crippen LogP contribution in [0.15, 0.2) is 84.7 Å². The van der Waals surface area contributed by atoms with Crippen molar-refractivity contribution in [1.29, 1.82) is 0 Å². The number of para-hydroxylation sites is 2. The van der Waals surface area contributed by atoms with E-state index in [4.69, 9.17) is 4.74 Å². The second kappa shape index (κ2) is 9.13. The van der Waals surface area contributed by atoms with Gasteiger partial charge in [-0.05, 0) is 48.5 Å². The zero-order valence-electron chi connectivity index (χ0n) is 17.6. The van der Waals surface area contributed by atoms with Gasteiger partial charge >= 0.3 is 0 Å². The quantitative estimate of drug-likeness (QED) is 0.372. The number of thioether (sulfide) groups is 1. The van der Waals surface area contributed by atoms with Crippen molar-refractivity contribution in [2.45, 2.75) is 5.16 Å². The summed E-state index contributed by atoms with van der Waals surface area (Å²) in [4.78, 5) is 21.3. The third kappa shape index (κ3) is 4.41. The van der Waals surface area contributed by atoms with Gasteiger partial charge < -0.3 is 10.1 Å².